The summed E-state index contributed by atoms with van der Waals surface area (Å²) in [6.07, 6.45) is -3.38. The molecule has 0 spiro atoms. The van der Waals surface area contributed by atoms with E-state index in [1.54, 1.807) is 5.38 Å². The summed E-state index contributed by atoms with van der Waals surface area (Å²) in [4.78, 5) is 29.2. The largest absolute Gasteiger partial charge is 0.421 e. The Kier molecular flexibility index (Phi) is 5.66. The fourth-order valence-electron chi connectivity index (χ4n) is 3.78. The standard InChI is InChI=1S/C22H21F3N4O2S/c1-11-6-12(2)19(13(3)7-11)17-10-32-21(26-17)27-18(30)9-29-20(31)15(22(23,24)25)8-16(28-29)14-4-5-14/h6-8,10,14H,4-5,9H2,1-3H3,(H,26,27,30). The lowest BCUT2D eigenvalue weighted by molar-refractivity contribution is -0.139. The van der Waals surface area contributed by atoms with Gasteiger partial charge in [-0.3, -0.25) is 9.59 Å². The second-order valence-electron chi connectivity index (χ2n) is 8.08. The Balaban J connectivity index is 1.56. The molecule has 0 unspecified atom stereocenters. The summed E-state index contributed by atoms with van der Waals surface area (Å²) in [6.45, 7) is 5.35. The Bertz CT molecular complexity index is 1240. The molecule has 168 valence electrons. The van der Waals surface area contributed by atoms with Crippen LogP contribution in [-0.4, -0.2) is 20.7 Å². The highest BCUT2D eigenvalue weighted by molar-refractivity contribution is 7.14. The Morgan fingerprint density at radius 1 is 1.19 bits per heavy atom. The monoisotopic (exact) mass is 462 g/mol. The number of carbonyl (C=O) groups is 1. The number of benzene rings is 1. The minimum absolute atomic E-state index is 0.103. The number of rotatable bonds is 5. The highest BCUT2D eigenvalue weighted by atomic mass is 32.1. The van der Waals surface area contributed by atoms with Crippen molar-refractivity contribution in [1.82, 2.24) is 14.8 Å². The Hall–Kier alpha value is -3.01. The van der Waals surface area contributed by atoms with Gasteiger partial charge in [-0.2, -0.15) is 18.3 Å². The summed E-state index contributed by atoms with van der Waals surface area (Å²) >= 11 is 1.20. The quantitative estimate of drug-likeness (QED) is 0.589. The number of thiazole rings is 1. The van der Waals surface area contributed by atoms with Gasteiger partial charge in [0.1, 0.15) is 12.1 Å². The second-order valence-corrected chi connectivity index (χ2v) is 8.94. The number of hydrogen-bond donors (Lipinski definition) is 1. The Morgan fingerprint density at radius 3 is 2.44 bits per heavy atom. The van der Waals surface area contributed by atoms with Gasteiger partial charge in [0.15, 0.2) is 5.13 Å². The van der Waals surface area contributed by atoms with Crippen LogP contribution in [0.25, 0.3) is 11.3 Å². The maximum atomic E-state index is 13.3. The van der Waals surface area contributed by atoms with Crippen molar-refractivity contribution in [3.8, 4) is 11.3 Å². The predicted octanol–water partition coefficient (Wildman–Crippen LogP) is 4.83. The lowest BCUT2D eigenvalue weighted by Crippen LogP contribution is -2.35. The lowest BCUT2D eigenvalue weighted by atomic mass is 9.98. The molecule has 1 fully saturated rings. The van der Waals surface area contributed by atoms with Crippen molar-refractivity contribution < 1.29 is 18.0 Å². The molecule has 0 aliphatic heterocycles. The van der Waals surface area contributed by atoms with E-state index in [9.17, 15) is 22.8 Å². The highest BCUT2D eigenvalue weighted by Crippen LogP contribution is 2.40. The normalized spacial score (nSPS) is 13.9. The van der Waals surface area contributed by atoms with E-state index in [0.717, 1.165) is 28.3 Å². The molecule has 1 aromatic carbocycles. The number of nitrogens with one attached hydrogen (secondary N) is 1. The molecular formula is C22H21F3N4O2S. The maximum absolute atomic E-state index is 13.3. The molecule has 2 heterocycles. The summed E-state index contributed by atoms with van der Waals surface area (Å²) in [5.74, 6) is -0.771. The van der Waals surface area contributed by atoms with Crippen LogP contribution in [0.4, 0.5) is 18.3 Å². The van der Waals surface area contributed by atoms with E-state index in [1.165, 1.54) is 11.3 Å². The summed E-state index contributed by atoms with van der Waals surface area (Å²) in [5, 5.41) is 8.67. The molecule has 10 heteroatoms. The maximum Gasteiger partial charge on any atom is 0.421 e. The van der Waals surface area contributed by atoms with Crippen molar-refractivity contribution >= 4 is 22.4 Å². The van der Waals surface area contributed by atoms with Gasteiger partial charge in [-0.15, -0.1) is 11.3 Å². The average Bonchev–Trinajstić information content (AvgIpc) is 3.42. The first-order chi connectivity index (χ1) is 15.0. The molecule has 3 aromatic rings. The van der Waals surface area contributed by atoms with Crippen LogP contribution in [0.5, 0.6) is 0 Å². The molecule has 6 nitrogen and oxygen atoms in total. The van der Waals surface area contributed by atoms with Crippen molar-refractivity contribution in [3.05, 3.63) is 61.9 Å². The molecule has 0 bridgehead atoms. The summed E-state index contributed by atoms with van der Waals surface area (Å²) in [5.41, 5.74) is 2.47. The van der Waals surface area contributed by atoms with Gasteiger partial charge < -0.3 is 5.32 Å². The van der Waals surface area contributed by atoms with Crippen LogP contribution in [0.3, 0.4) is 0 Å². The number of aryl methyl sites for hydroxylation is 3. The molecule has 1 aliphatic carbocycles. The summed E-state index contributed by atoms with van der Waals surface area (Å²) < 4.78 is 40.4. The van der Waals surface area contributed by atoms with E-state index in [0.29, 0.717) is 28.3 Å². The van der Waals surface area contributed by atoms with Gasteiger partial charge >= 0.3 is 6.18 Å². The van der Waals surface area contributed by atoms with Gasteiger partial charge in [0.05, 0.1) is 11.4 Å². The van der Waals surface area contributed by atoms with Crippen molar-refractivity contribution in [2.45, 2.75) is 52.3 Å². The molecule has 0 saturated heterocycles. The van der Waals surface area contributed by atoms with Gasteiger partial charge in [0.2, 0.25) is 5.91 Å². The van der Waals surface area contributed by atoms with Crippen LogP contribution in [0.2, 0.25) is 0 Å². The van der Waals surface area contributed by atoms with Crippen molar-refractivity contribution in [2.24, 2.45) is 0 Å². The lowest BCUT2D eigenvalue weighted by Gasteiger charge is -2.12. The van der Waals surface area contributed by atoms with E-state index < -0.39 is 29.8 Å². The van der Waals surface area contributed by atoms with Crippen LogP contribution < -0.4 is 10.9 Å². The van der Waals surface area contributed by atoms with Gasteiger partial charge in [0.25, 0.3) is 5.56 Å². The number of halogens is 3. The minimum atomic E-state index is -4.81. The topological polar surface area (TPSA) is 76.9 Å². The minimum Gasteiger partial charge on any atom is -0.300 e. The zero-order valence-corrected chi connectivity index (χ0v) is 18.5. The molecule has 32 heavy (non-hydrogen) atoms. The summed E-state index contributed by atoms with van der Waals surface area (Å²) in [7, 11) is 0. The molecule has 1 N–H and O–H groups in total. The fourth-order valence-corrected chi connectivity index (χ4v) is 4.49. The van der Waals surface area contributed by atoms with E-state index in [1.807, 2.05) is 32.9 Å². The van der Waals surface area contributed by atoms with Gasteiger partial charge in [-0.05, 0) is 50.8 Å². The zero-order valence-electron chi connectivity index (χ0n) is 17.7. The average molecular weight is 462 g/mol. The number of anilines is 1. The molecular weight excluding hydrogens is 441 g/mol. The first kappa shape index (κ1) is 22.2. The molecule has 1 aliphatic rings. The van der Waals surface area contributed by atoms with Crippen LogP contribution in [0.15, 0.2) is 28.4 Å². The first-order valence-electron chi connectivity index (χ1n) is 10.1. The van der Waals surface area contributed by atoms with Crippen molar-refractivity contribution in [1.29, 1.82) is 0 Å². The van der Waals surface area contributed by atoms with Crippen LogP contribution in [0.1, 0.15) is 46.7 Å². The Morgan fingerprint density at radius 2 is 1.84 bits per heavy atom. The number of alkyl halides is 3. The number of amides is 1. The number of nitrogens with zero attached hydrogens (tertiary/aromatic N) is 3. The SMILES string of the molecule is Cc1cc(C)c(-c2csc(NC(=O)Cn3nc(C4CC4)cc(C(F)(F)F)c3=O)n2)c(C)c1. The third-order valence-corrected chi connectivity index (χ3v) is 6.03. The van der Waals surface area contributed by atoms with Gasteiger partial charge in [-0.25, -0.2) is 9.67 Å². The van der Waals surface area contributed by atoms with Crippen LogP contribution >= 0.6 is 11.3 Å². The fraction of sp³-hybridized carbons (Fsp3) is 0.364. The van der Waals surface area contributed by atoms with E-state index in [4.69, 9.17) is 0 Å². The molecule has 0 atom stereocenters. The molecule has 2 aromatic heterocycles. The molecule has 1 saturated carbocycles. The van der Waals surface area contributed by atoms with E-state index in [2.05, 4.69) is 15.4 Å². The van der Waals surface area contributed by atoms with Crippen molar-refractivity contribution in [2.75, 3.05) is 5.32 Å². The molecule has 1 amide bonds. The van der Waals surface area contributed by atoms with E-state index >= 15 is 0 Å². The number of hydrogen-bond acceptors (Lipinski definition) is 5. The van der Waals surface area contributed by atoms with Crippen LogP contribution in [0, 0.1) is 20.8 Å². The summed E-state index contributed by atoms with van der Waals surface area (Å²) in [6, 6.07) is 4.89. The van der Waals surface area contributed by atoms with E-state index in [-0.39, 0.29) is 11.6 Å². The number of aromatic nitrogens is 3. The first-order valence-corrected chi connectivity index (χ1v) is 10.9. The zero-order chi connectivity index (χ0) is 23.2. The smallest absolute Gasteiger partial charge is 0.300 e. The highest BCUT2D eigenvalue weighted by Gasteiger charge is 2.37. The molecule has 0 radical (unpaired) electrons. The third kappa shape index (κ3) is 4.59. The number of carbonyl (C=O) groups excluding carboxylic acids is 1. The Labute approximate surface area is 186 Å². The third-order valence-electron chi connectivity index (χ3n) is 5.27. The predicted molar refractivity (Wildman–Crippen MR) is 116 cm³/mol. The van der Waals surface area contributed by atoms with Gasteiger partial charge in [0, 0.05) is 16.9 Å². The van der Waals surface area contributed by atoms with Crippen LogP contribution in [-0.2, 0) is 17.5 Å². The second kappa shape index (κ2) is 8.16. The van der Waals surface area contributed by atoms with Gasteiger partial charge in [-0.1, -0.05) is 17.7 Å². The molecule has 4 rings (SSSR count). The van der Waals surface area contributed by atoms with Crippen molar-refractivity contribution in [3.63, 3.8) is 0 Å².